The third-order valence-corrected chi connectivity index (χ3v) is 12.9. The van der Waals surface area contributed by atoms with Crippen LogP contribution in [-0.2, 0) is 5.41 Å². The fourth-order valence-corrected chi connectivity index (χ4v) is 10.1. The second-order valence-electron chi connectivity index (χ2n) is 16.3. The predicted octanol–water partition coefficient (Wildman–Crippen LogP) is 11.7. The van der Waals surface area contributed by atoms with Gasteiger partial charge in [0.2, 0.25) is 0 Å². The average Bonchev–Trinajstić information content (AvgIpc) is 3.90. The number of hydrogen-bond acceptors (Lipinski definition) is 4. The molecule has 0 radical (unpaired) electrons. The zero-order valence-electron chi connectivity index (χ0n) is 31.2. The lowest BCUT2D eigenvalue weighted by molar-refractivity contribution is 0.468. The Morgan fingerprint density at radius 1 is 0.661 bits per heavy atom. The molecule has 5 heteroatoms. The number of allylic oxidation sites excluding steroid dienone is 2. The Morgan fingerprint density at radius 3 is 2.16 bits per heavy atom. The molecule has 3 atom stereocenters. The number of anilines is 6. The van der Waals surface area contributed by atoms with Crippen molar-refractivity contribution in [2.45, 2.75) is 31.6 Å². The van der Waals surface area contributed by atoms with E-state index >= 15 is 0 Å². The van der Waals surface area contributed by atoms with Crippen LogP contribution in [0.25, 0.3) is 21.9 Å². The Labute approximate surface area is 327 Å². The molecule has 0 N–H and O–H groups in total. The minimum absolute atomic E-state index is 0.0147. The third-order valence-electron chi connectivity index (χ3n) is 12.9. The van der Waals surface area contributed by atoms with E-state index in [0.717, 1.165) is 79.9 Å². The molecule has 3 heterocycles. The van der Waals surface area contributed by atoms with Gasteiger partial charge in [-0.25, -0.2) is 0 Å². The van der Waals surface area contributed by atoms with Crippen LogP contribution >= 0.6 is 0 Å². The molecular formula is C51H39BN2O2. The van der Waals surface area contributed by atoms with E-state index in [0.29, 0.717) is 0 Å². The summed E-state index contributed by atoms with van der Waals surface area (Å²) in [5.41, 5.74) is 13.2. The van der Waals surface area contributed by atoms with Crippen molar-refractivity contribution < 1.29 is 9.15 Å². The van der Waals surface area contributed by atoms with E-state index in [1.807, 2.05) is 0 Å². The Bertz CT molecular complexity index is 2830. The molecule has 7 aromatic carbocycles. The number of rotatable bonds is 5. The van der Waals surface area contributed by atoms with Gasteiger partial charge in [0.05, 0.1) is 0 Å². The SMILES string of the molecule is CC1(c2cc3c4c(c2)N(c2ccccc2)c2ccccc2B4c2ccc4c(oc5cc(N(c6ccccc6)c6ccccc6)ccc54)c2O3)C=CCC2CC2C1. The van der Waals surface area contributed by atoms with Crippen molar-refractivity contribution in [1.82, 2.24) is 0 Å². The molecule has 2 aliphatic carbocycles. The van der Waals surface area contributed by atoms with Gasteiger partial charge < -0.3 is 19.0 Å². The van der Waals surface area contributed by atoms with Gasteiger partial charge in [0, 0.05) is 56.4 Å². The van der Waals surface area contributed by atoms with E-state index in [-0.39, 0.29) is 12.1 Å². The van der Waals surface area contributed by atoms with Crippen molar-refractivity contribution in [2.24, 2.45) is 11.8 Å². The minimum atomic E-state index is -0.0922. The molecule has 12 rings (SSSR count). The molecule has 4 aliphatic rings. The van der Waals surface area contributed by atoms with Gasteiger partial charge in [-0.2, -0.15) is 0 Å². The fraction of sp³-hybridized carbons (Fsp3) is 0.137. The van der Waals surface area contributed by atoms with E-state index in [2.05, 4.69) is 187 Å². The molecule has 268 valence electrons. The van der Waals surface area contributed by atoms with Gasteiger partial charge in [-0.05, 0) is 120 Å². The van der Waals surface area contributed by atoms with Crippen LogP contribution in [0.2, 0.25) is 0 Å². The normalized spacial score (nSPS) is 20.1. The molecule has 1 aromatic heterocycles. The lowest BCUT2D eigenvalue weighted by atomic mass is 9.34. The molecule has 0 bridgehead atoms. The summed E-state index contributed by atoms with van der Waals surface area (Å²) in [5.74, 6) is 3.35. The number of fused-ring (bicyclic) bond motifs is 9. The quantitative estimate of drug-likeness (QED) is 0.131. The number of ether oxygens (including phenoxy) is 1. The van der Waals surface area contributed by atoms with E-state index in [1.165, 1.54) is 40.7 Å². The summed E-state index contributed by atoms with van der Waals surface area (Å²) in [4.78, 5) is 4.74. The van der Waals surface area contributed by atoms with Crippen LogP contribution in [0.5, 0.6) is 11.5 Å². The lowest BCUT2D eigenvalue weighted by Crippen LogP contribution is -2.59. The van der Waals surface area contributed by atoms with E-state index in [1.54, 1.807) is 0 Å². The highest BCUT2D eigenvalue weighted by molar-refractivity contribution is 6.99. The zero-order chi connectivity index (χ0) is 37.0. The van der Waals surface area contributed by atoms with E-state index < -0.39 is 0 Å². The molecule has 0 amide bonds. The minimum Gasteiger partial charge on any atom is -0.454 e. The van der Waals surface area contributed by atoms with Crippen molar-refractivity contribution in [3.63, 3.8) is 0 Å². The molecule has 2 aliphatic heterocycles. The van der Waals surface area contributed by atoms with E-state index in [4.69, 9.17) is 9.15 Å². The number of para-hydroxylation sites is 4. The predicted molar refractivity (Wildman–Crippen MR) is 232 cm³/mol. The molecule has 1 fully saturated rings. The Kier molecular flexibility index (Phi) is 6.84. The summed E-state index contributed by atoms with van der Waals surface area (Å²) in [7, 11) is 0. The van der Waals surface area contributed by atoms with Crippen LogP contribution < -0.4 is 30.9 Å². The van der Waals surface area contributed by atoms with Crippen LogP contribution in [-0.4, -0.2) is 6.71 Å². The fourth-order valence-electron chi connectivity index (χ4n) is 10.1. The largest absolute Gasteiger partial charge is 0.454 e. The summed E-state index contributed by atoms with van der Waals surface area (Å²) >= 11 is 0. The summed E-state index contributed by atoms with van der Waals surface area (Å²) in [5, 5.41) is 2.13. The number of nitrogens with zero attached hydrogens (tertiary/aromatic N) is 2. The monoisotopic (exact) mass is 722 g/mol. The van der Waals surface area contributed by atoms with Crippen molar-refractivity contribution in [2.75, 3.05) is 9.80 Å². The van der Waals surface area contributed by atoms with Gasteiger partial charge >= 0.3 is 0 Å². The number of benzene rings is 7. The third kappa shape index (κ3) is 4.80. The molecule has 1 saturated carbocycles. The highest BCUT2D eigenvalue weighted by Crippen LogP contribution is 2.53. The molecule has 4 nitrogen and oxygen atoms in total. The topological polar surface area (TPSA) is 28.9 Å². The van der Waals surface area contributed by atoms with Gasteiger partial charge in [0.1, 0.15) is 11.3 Å². The van der Waals surface area contributed by atoms with Gasteiger partial charge in [-0.3, -0.25) is 0 Å². The molecule has 56 heavy (non-hydrogen) atoms. The van der Waals surface area contributed by atoms with Gasteiger partial charge in [0.25, 0.3) is 6.71 Å². The van der Waals surface area contributed by atoms with E-state index in [9.17, 15) is 0 Å². The van der Waals surface area contributed by atoms with Crippen LogP contribution in [0.15, 0.2) is 174 Å². The first-order valence-electron chi connectivity index (χ1n) is 20.0. The maximum Gasteiger partial charge on any atom is 0.256 e. The standard InChI is InChI=1S/C51H39BN2O2/c1-51(27-13-14-33-28-34(33)32-51)35-29-45-48-47(30-35)56-50-43(52(48)42-21-11-12-22-44(42)54(45)38-19-9-4-10-20-38)26-25-41-40-24-23-39(31-46(40)55-49(41)50)53(36-15-5-2-6-16-36)37-17-7-3-8-18-37/h2-13,15-27,29-31,33-34H,14,28,32H2,1H3. The van der Waals surface area contributed by atoms with Crippen molar-refractivity contribution >= 4 is 79.2 Å². The summed E-state index contributed by atoms with van der Waals surface area (Å²) in [6.45, 7) is 2.42. The van der Waals surface area contributed by atoms with Gasteiger partial charge in [0.15, 0.2) is 11.3 Å². The first-order chi connectivity index (χ1) is 27.6. The second-order valence-corrected chi connectivity index (χ2v) is 16.3. The smallest absolute Gasteiger partial charge is 0.256 e. The maximum absolute atomic E-state index is 7.27. The zero-order valence-corrected chi connectivity index (χ0v) is 31.2. The van der Waals surface area contributed by atoms with Crippen molar-refractivity contribution in [1.29, 1.82) is 0 Å². The molecular weight excluding hydrogens is 683 g/mol. The van der Waals surface area contributed by atoms with Crippen LogP contribution in [0, 0.1) is 11.8 Å². The maximum atomic E-state index is 7.27. The molecule has 3 unspecified atom stereocenters. The first kappa shape index (κ1) is 31.9. The molecule has 0 saturated heterocycles. The van der Waals surface area contributed by atoms with Gasteiger partial charge in [-0.15, -0.1) is 0 Å². The Balaban J connectivity index is 1.07. The van der Waals surface area contributed by atoms with Crippen molar-refractivity contribution in [3.8, 4) is 11.5 Å². The Hall–Kier alpha value is -6.46. The first-order valence-corrected chi connectivity index (χ1v) is 20.0. The van der Waals surface area contributed by atoms with Crippen LogP contribution in [0.4, 0.5) is 34.1 Å². The summed E-state index contributed by atoms with van der Waals surface area (Å²) in [6.07, 6.45) is 8.61. The highest BCUT2D eigenvalue weighted by atomic mass is 16.5. The average molecular weight is 723 g/mol. The Morgan fingerprint density at radius 2 is 1.38 bits per heavy atom. The molecule has 0 spiro atoms. The lowest BCUT2D eigenvalue weighted by Gasteiger charge is -2.41. The second kappa shape index (κ2) is 12.0. The van der Waals surface area contributed by atoms with Crippen LogP contribution in [0.3, 0.4) is 0 Å². The number of furan rings is 1. The summed E-state index contributed by atoms with van der Waals surface area (Å²) in [6, 6.07) is 56.7. The highest BCUT2D eigenvalue weighted by Gasteiger charge is 2.46. The molecule has 8 aromatic rings. The number of hydrogen-bond donors (Lipinski definition) is 0. The van der Waals surface area contributed by atoms with Gasteiger partial charge in [-0.1, -0.05) is 104 Å². The van der Waals surface area contributed by atoms with Crippen LogP contribution in [0.1, 0.15) is 31.7 Å². The van der Waals surface area contributed by atoms with Crippen molar-refractivity contribution in [3.05, 3.63) is 175 Å². The summed E-state index contributed by atoms with van der Waals surface area (Å²) < 4.78 is 14.2.